The summed E-state index contributed by atoms with van der Waals surface area (Å²) in [7, 11) is 0. The average molecular weight is 438 g/mol. The largest absolute Gasteiger partial charge is 0.508 e. The first-order valence-corrected chi connectivity index (χ1v) is 10.1. The van der Waals surface area contributed by atoms with Gasteiger partial charge in [-0.15, -0.1) is 0 Å². The van der Waals surface area contributed by atoms with Gasteiger partial charge in [-0.3, -0.25) is 4.79 Å². The first-order valence-electron chi connectivity index (χ1n) is 10.1. The van der Waals surface area contributed by atoms with Crippen molar-refractivity contribution in [1.82, 2.24) is 0 Å². The van der Waals surface area contributed by atoms with Gasteiger partial charge in [0.05, 0.1) is 0 Å². The number of phenolic OH excluding ortho intramolecular Hbond substituents is 4. The highest BCUT2D eigenvalue weighted by Crippen LogP contribution is 2.40. The van der Waals surface area contributed by atoms with E-state index in [-0.39, 0.29) is 33.8 Å². The minimum atomic E-state index is -0.886. The van der Waals surface area contributed by atoms with E-state index in [1.807, 2.05) is 26.8 Å². The molecule has 3 aromatic rings. The molecule has 5 N–H and O–H groups in total. The van der Waals surface area contributed by atoms with Crippen LogP contribution in [0.15, 0.2) is 56.8 Å². The minimum absolute atomic E-state index is 0.135. The predicted octanol–water partition coefficient (Wildman–Crippen LogP) is 5.22. The van der Waals surface area contributed by atoms with Gasteiger partial charge in [0.2, 0.25) is 11.2 Å². The van der Waals surface area contributed by atoms with E-state index in [2.05, 4.69) is 6.08 Å². The molecule has 3 rings (SSSR count). The van der Waals surface area contributed by atoms with Gasteiger partial charge in [0.1, 0.15) is 22.5 Å². The number of hydrogen-bond donors (Lipinski definition) is 5. The van der Waals surface area contributed by atoms with Gasteiger partial charge < -0.3 is 29.9 Å². The molecule has 0 bridgehead atoms. The zero-order valence-corrected chi connectivity index (χ0v) is 18.1. The summed E-state index contributed by atoms with van der Waals surface area (Å²) in [5, 5.41) is 50.3. The van der Waals surface area contributed by atoms with Crippen molar-refractivity contribution in [2.24, 2.45) is 0 Å². The predicted molar refractivity (Wildman–Crippen MR) is 122 cm³/mol. The zero-order valence-electron chi connectivity index (χ0n) is 18.1. The Labute approximate surface area is 184 Å². The summed E-state index contributed by atoms with van der Waals surface area (Å²) in [6, 6.07) is 4.77. The van der Waals surface area contributed by atoms with Crippen LogP contribution in [0.1, 0.15) is 39.2 Å². The lowest BCUT2D eigenvalue weighted by Crippen LogP contribution is -2.03. The third-order valence-electron chi connectivity index (χ3n) is 5.13. The number of hydrogen-bond acceptors (Lipinski definition) is 7. The van der Waals surface area contributed by atoms with Crippen molar-refractivity contribution in [3.63, 3.8) is 0 Å². The summed E-state index contributed by atoms with van der Waals surface area (Å²) in [4.78, 5) is 12.6. The molecule has 0 spiro atoms. The van der Waals surface area contributed by atoms with Crippen molar-refractivity contribution in [3.8, 4) is 40.1 Å². The van der Waals surface area contributed by atoms with E-state index in [9.17, 15) is 30.3 Å². The minimum Gasteiger partial charge on any atom is -0.508 e. The molecule has 7 nitrogen and oxygen atoms in total. The van der Waals surface area contributed by atoms with Gasteiger partial charge in [0.25, 0.3) is 0 Å². The molecule has 1 aromatic heterocycles. The molecule has 0 fully saturated rings. The molecule has 1 heterocycles. The van der Waals surface area contributed by atoms with Gasteiger partial charge >= 0.3 is 0 Å². The van der Waals surface area contributed by atoms with Gasteiger partial charge in [-0.25, -0.2) is 0 Å². The van der Waals surface area contributed by atoms with Gasteiger partial charge in [0, 0.05) is 23.3 Å². The maximum Gasteiger partial charge on any atom is 0.238 e. The van der Waals surface area contributed by atoms with Gasteiger partial charge in [-0.1, -0.05) is 23.3 Å². The Morgan fingerprint density at radius 2 is 1.62 bits per heavy atom. The van der Waals surface area contributed by atoms with Crippen molar-refractivity contribution in [1.29, 1.82) is 0 Å². The van der Waals surface area contributed by atoms with E-state index in [4.69, 9.17) is 4.42 Å². The molecule has 2 aromatic carbocycles. The summed E-state index contributed by atoms with van der Waals surface area (Å²) >= 11 is 0. The van der Waals surface area contributed by atoms with Crippen LogP contribution < -0.4 is 5.43 Å². The summed E-state index contributed by atoms with van der Waals surface area (Å²) < 4.78 is 5.59. The van der Waals surface area contributed by atoms with Gasteiger partial charge in [-0.2, -0.15) is 0 Å². The smallest absolute Gasteiger partial charge is 0.238 e. The van der Waals surface area contributed by atoms with E-state index in [0.29, 0.717) is 12.0 Å². The zero-order chi connectivity index (χ0) is 23.6. The molecule has 0 saturated carbocycles. The Balaban J connectivity index is 2.04. The average Bonchev–Trinajstić information content (AvgIpc) is 2.70. The van der Waals surface area contributed by atoms with E-state index in [1.54, 1.807) is 0 Å². The lowest BCUT2D eigenvalue weighted by molar-refractivity contribution is 0.400. The monoisotopic (exact) mass is 438 g/mol. The van der Waals surface area contributed by atoms with E-state index >= 15 is 0 Å². The van der Waals surface area contributed by atoms with E-state index in [1.165, 1.54) is 11.6 Å². The summed E-state index contributed by atoms with van der Waals surface area (Å²) in [5.41, 5.74) is 1.87. The number of allylic oxidation sites excluding steroid dienone is 4. The first-order chi connectivity index (χ1) is 15.1. The van der Waals surface area contributed by atoms with E-state index < -0.39 is 22.7 Å². The Hall–Kier alpha value is -3.87. The van der Waals surface area contributed by atoms with Crippen LogP contribution in [-0.2, 0) is 6.42 Å². The summed E-state index contributed by atoms with van der Waals surface area (Å²) in [6.07, 6.45) is 6.14. The second-order valence-electron chi connectivity index (χ2n) is 8.02. The SMILES string of the molecule is CC(C)=CCC/C(C)=C/Cc1cc(-c2oc3cc(O)cc(O)c3c(=O)c2O)cc(O)c1O. The quantitative estimate of drug-likeness (QED) is 0.263. The van der Waals surface area contributed by atoms with Crippen LogP contribution in [0, 0.1) is 0 Å². The molecule has 0 aliphatic carbocycles. The fourth-order valence-corrected chi connectivity index (χ4v) is 3.41. The van der Waals surface area contributed by atoms with Crippen LogP contribution in [-0.4, -0.2) is 25.5 Å². The molecular formula is C25H26O7. The van der Waals surface area contributed by atoms with Crippen molar-refractivity contribution in [2.75, 3.05) is 0 Å². The lowest BCUT2D eigenvalue weighted by atomic mass is 10.0. The van der Waals surface area contributed by atoms with Gasteiger partial charge in [-0.05, 0) is 52.2 Å². The standard InChI is InChI=1S/C25H26O7/c1-13(2)5-4-6-14(3)7-8-15-9-16(10-19(28)22(15)29)25-24(31)23(30)21-18(27)11-17(26)12-20(21)32-25/h5,7,9-12,26-29,31H,4,6,8H2,1-3H3/b14-7+. The Bertz CT molecular complexity index is 1290. The Morgan fingerprint density at radius 1 is 0.906 bits per heavy atom. The molecule has 0 radical (unpaired) electrons. The van der Waals surface area contributed by atoms with Crippen molar-refractivity contribution in [2.45, 2.75) is 40.0 Å². The lowest BCUT2D eigenvalue weighted by Gasteiger charge is -2.11. The van der Waals surface area contributed by atoms with Crippen LogP contribution >= 0.6 is 0 Å². The molecule has 32 heavy (non-hydrogen) atoms. The van der Waals surface area contributed by atoms with Crippen LogP contribution in [0.4, 0.5) is 0 Å². The molecule has 0 aliphatic rings. The molecule has 0 aliphatic heterocycles. The number of fused-ring (bicyclic) bond motifs is 1. The third-order valence-corrected chi connectivity index (χ3v) is 5.13. The maximum atomic E-state index is 12.6. The molecule has 0 amide bonds. The molecule has 7 heteroatoms. The van der Waals surface area contributed by atoms with E-state index in [0.717, 1.165) is 36.6 Å². The number of phenols is 4. The molecule has 0 saturated heterocycles. The number of benzene rings is 2. The van der Waals surface area contributed by atoms with Crippen molar-refractivity contribution >= 4 is 11.0 Å². The van der Waals surface area contributed by atoms with Crippen LogP contribution in [0.5, 0.6) is 28.7 Å². The first kappa shape index (κ1) is 22.8. The number of rotatable bonds is 6. The normalized spacial score (nSPS) is 11.7. The molecule has 0 unspecified atom stereocenters. The fourth-order valence-electron chi connectivity index (χ4n) is 3.41. The maximum absolute atomic E-state index is 12.6. The Morgan fingerprint density at radius 3 is 2.31 bits per heavy atom. The highest BCUT2D eigenvalue weighted by Gasteiger charge is 2.20. The van der Waals surface area contributed by atoms with Gasteiger partial charge in [0.15, 0.2) is 17.3 Å². The van der Waals surface area contributed by atoms with Crippen molar-refractivity contribution in [3.05, 3.63) is 63.4 Å². The third kappa shape index (κ3) is 4.72. The fraction of sp³-hybridized carbons (Fsp3) is 0.240. The second kappa shape index (κ2) is 9.09. The second-order valence-corrected chi connectivity index (χ2v) is 8.02. The highest BCUT2D eigenvalue weighted by atomic mass is 16.4. The van der Waals surface area contributed by atoms with Crippen LogP contribution in [0.25, 0.3) is 22.3 Å². The Kier molecular flexibility index (Phi) is 6.48. The molecule has 168 valence electrons. The molecular weight excluding hydrogens is 412 g/mol. The van der Waals surface area contributed by atoms with Crippen molar-refractivity contribution < 1.29 is 29.9 Å². The summed E-state index contributed by atoms with van der Waals surface area (Å²) in [5.74, 6) is -2.61. The number of aromatic hydroxyl groups is 5. The summed E-state index contributed by atoms with van der Waals surface area (Å²) in [6.45, 7) is 6.05. The van der Waals surface area contributed by atoms with Crippen LogP contribution in [0.3, 0.4) is 0 Å². The molecule has 0 atom stereocenters. The highest BCUT2D eigenvalue weighted by molar-refractivity contribution is 5.88. The topological polar surface area (TPSA) is 131 Å². The van der Waals surface area contributed by atoms with Crippen LogP contribution in [0.2, 0.25) is 0 Å².